The number of likely N-dealkylation sites (tertiary alicyclic amines) is 1. The Morgan fingerprint density at radius 3 is 2.14 bits per heavy atom. The van der Waals surface area contributed by atoms with Crippen molar-refractivity contribution >= 4 is 11.6 Å². The summed E-state index contributed by atoms with van der Waals surface area (Å²) in [6.45, 7) is 6.35. The van der Waals surface area contributed by atoms with Crippen LogP contribution in [0.3, 0.4) is 0 Å². The minimum Gasteiger partial charge on any atom is -0.495 e. The molecule has 5 heteroatoms. The number of benzene rings is 3. The van der Waals surface area contributed by atoms with Crippen LogP contribution in [0.25, 0.3) is 0 Å². The van der Waals surface area contributed by atoms with Gasteiger partial charge in [0.2, 0.25) is 0 Å². The van der Waals surface area contributed by atoms with Gasteiger partial charge in [0.15, 0.2) is 0 Å². The largest absolute Gasteiger partial charge is 0.495 e. The minimum atomic E-state index is -0.685. The first-order valence-corrected chi connectivity index (χ1v) is 12.5. The molecule has 0 unspecified atom stereocenters. The quantitative estimate of drug-likeness (QED) is 0.329. The van der Waals surface area contributed by atoms with Gasteiger partial charge in [0.1, 0.15) is 23.0 Å². The van der Waals surface area contributed by atoms with Crippen molar-refractivity contribution in [2.75, 3.05) is 20.2 Å². The average Bonchev–Trinajstić information content (AvgIpc) is 3.36. The number of hydrogen-bond acceptors (Lipinski definition) is 4. The van der Waals surface area contributed by atoms with Crippen LogP contribution in [0.2, 0.25) is 5.02 Å². The summed E-state index contributed by atoms with van der Waals surface area (Å²) in [4.78, 5) is 2.49. The highest BCUT2D eigenvalue weighted by Gasteiger charge is 2.40. The third kappa shape index (κ3) is 5.48. The lowest BCUT2D eigenvalue weighted by molar-refractivity contribution is 0.114. The lowest BCUT2D eigenvalue weighted by Crippen LogP contribution is -2.44. The van der Waals surface area contributed by atoms with Crippen LogP contribution in [0.15, 0.2) is 78.9 Å². The van der Waals surface area contributed by atoms with Gasteiger partial charge < -0.3 is 9.47 Å². The van der Waals surface area contributed by atoms with Crippen LogP contribution < -0.4 is 9.47 Å². The zero-order chi connectivity index (χ0) is 24.9. The number of hydrogen-bond donors (Lipinski definition) is 0. The van der Waals surface area contributed by atoms with Crippen molar-refractivity contribution in [2.24, 2.45) is 0 Å². The predicted molar refractivity (Wildman–Crippen MR) is 141 cm³/mol. The Balaban J connectivity index is 1.47. The molecule has 182 valence electrons. The van der Waals surface area contributed by atoms with Crippen molar-refractivity contribution < 1.29 is 9.47 Å². The smallest absolute Gasteiger partial charge is 0.137 e. The van der Waals surface area contributed by atoms with Crippen molar-refractivity contribution in [1.82, 2.24) is 4.90 Å². The summed E-state index contributed by atoms with van der Waals surface area (Å²) in [5, 5.41) is 11.1. The number of nitriles is 1. The number of nitrogens with zero attached hydrogens (tertiary/aromatic N) is 2. The second-order valence-corrected chi connectivity index (χ2v) is 10.2. The first kappa shape index (κ1) is 25.1. The third-order valence-electron chi connectivity index (χ3n) is 7.26. The molecule has 1 fully saturated rings. The first-order chi connectivity index (χ1) is 16.9. The van der Waals surface area contributed by atoms with Gasteiger partial charge in [0, 0.05) is 24.7 Å². The van der Waals surface area contributed by atoms with Crippen LogP contribution in [-0.4, -0.2) is 36.7 Å². The molecular formula is C30H33ClN2O2. The molecule has 1 aliphatic rings. The summed E-state index contributed by atoms with van der Waals surface area (Å²) in [6.07, 6.45) is 2.67. The summed E-state index contributed by atoms with van der Waals surface area (Å²) in [7, 11) is 1.61. The van der Waals surface area contributed by atoms with Gasteiger partial charge in [-0.05, 0) is 56.4 Å². The second-order valence-electron chi connectivity index (χ2n) is 9.83. The van der Waals surface area contributed by atoms with E-state index < -0.39 is 5.41 Å². The second kappa shape index (κ2) is 10.7. The van der Waals surface area contributed by atoms with Crippen LogP contribution >= 0.6 is 11.6 Å². The third-order valence-corrected chi connectivity index (χ3v) is 7.56. The van der Waals surface area contributed by atoms with E-state index in [1.54, 1.807) is 7.11 Å². The first-order valence-electron chi connectivity index (χ1n) is 12.2. The van der Waals surface area contributed by atoms with Gasteiger partial charge in [-0.15, -0.1) is 0 Å². The Kier molecular flexibility index (Phi) is 7.69. The molecule has 4 rings (SSSR count). The van der Waals surface area contributed by atoms with Crippen LogP contribution in [0, 0.1) is 11.3 Å². The lowest BCUT2D eigenvalue weighted by atomic mass is 9.70. The zero-order valence-electron chi connectivity index (χ0n) is 20.7. The average molecular weight is 489 g/mol. The lowest BCUT2D eigenvalue weighted by Gasteiger charge is -2.38. The molecular weight excluding hydrogens is 456 g/mol. The van der Waals surface area contributed by atoms with Crippen molar-refractivity contribution in [3.05, 3.63) is 95.0 Å². The molecule has 1 aliphatic heterocycles. The summed E-state index contributed by atoms with van der Waals surface area (Å²) in [5.74, 6) is 1.41. The molecule has 0 aromatic heterocycles. The Morgan fingerprint density at radius 1 is 0.971 bits per heavy atom. The molecule has 1 heterocycles. The molecule has 1 saturated heterocycles. The molecule has 0 aliphatic carbocycles. The van der Waals surface area contributed by atoms with E-state index in [0.29, 0.717) is 10.8 Å². The van der Waals surface area contributed by atoms with Crippen LogP contribution in [0.5, 0.6) is 11.5 Å². The molecule has 0 radical (unpaired) electrons. The maximum absolute atomic E-state index is 10.5. The van der Waals surface area contributed by atoms with Gasteiger partial charge in [-0.25, -0.2) is 0 Å². The molecule has 0 N–H and O–H groups in total. The van der Waals surface area contributed by atoms with E-state index in [1.807, 2.05) is 54.6 Å². The van der Waals surface area contributed by atoms with E-state index in [2.05, 4.69) is 49.1 Å². The standard InChI is InChI=1S/C30H33ClN2O2/c1-29(2,33-19-16-26(21-33)35-25-14-15-28(34-3)27(31)20-25)17-18-30(22-32,23-10-6-4-7-11-23)24-12-8-5-9-13-24/h4-15,20,26H,16-19,21H2,1-3H3/t26-/m1/s1. The van der Waals surface area contributed by atoms with Crippen LogP contribution in [-0.2, 0) is 5.41 Å². The fourth-order valence-corrected chi connectivity index (χ4v) is 5.27. The van der Waals surface area contributed by atoms with E-state index in [-0.39, 0.29) is 11.6 Å². The van der Waals surface area contributed by atoms with Crippen molar-refractivity contribution in [2.45, 2.75) is 50.2 Å². The minimum absolute atomic E-state index is 0.0820. The fraction of sp³-hybridized carbons (Fsp3) is 0.367. The topological polar surface area (TPSA) is 45.5 Å². The maximum Gasteiger partial charge on any atom is 0.137 e. The highest BCUT2D eigenvalue weighted by molar-refractivity contribution is 6.32. The van der Waals surface area contributed by atoms with Gasteiger partial charge >= 0.3 is 0 Å². The molecule has 3 aromatic carbocycles. The van der Waals surface area contributed by atoms with E-state index in [9.17, 15) is 5.26 Å². The van der Waals surface area contributed by atoms with Gasteiger partial charge in [-0.3, -0.25) is 4.90 Å². The van der Waals surface area contributed by atoms with Gasteiger partial charge in [-0.1, -0.05) is 72.3 Å². The molecule has 0 bridgehead atoms. The van der Waals surface area contributed by atoms with E-state index in [4.69, 9.17) is 21.1 Å². The molecule has 0 amide bonds. The van der Waals surface area contributed by atoms with Gasteiger partial charge in [0.25, 0.3) is 0 Å². The molecule has 0 spiro atoms. The van der Waals surface area contributed by atoms with Gasteiger partial charge in [-0.2, -0.15) is 5.26 Å². The summed E-state index contributed by atoms with van der Waals surface area (Å²) >= 11 is 6.27. The van der Waals surface area contributed by atoms with Crippen molar-refractivity contribution in [1.29, 1.82) is 5.26 Å². The Hall–Kier alpha value is -3.00. The van der Waals surface area contributed by atoms with Crippen molar-refractivity contribution in [3.8, 4) is 17.6 Å². The Bertz CT molecular complexity index is 1120. The highest BCUT2D eigenvalue weighted by Crippen LogP contribution is 2.40. The summed E-state index contributed by atoms with van der Waals surface area (Å²) in [5.41, 5.74) is 1.32. The molecule has 4 nitrogen and oxygen atoms in total. The monoisotopic (exact) mass is 488 g/mol. The summed E-state index contributed by atoms with van der Waals surface area (Å²) < 4.78 is 11.5. The van der Waals surface area contributed by atoms with Crippen LogP contribution in [0.1, 0.15) is 44.2 Å². The summed E-state index contributed by atoms with van der Waals surface area (Å²) in [6, 6.07) is 28.6. The van der Waals surface area contributed by atoms with Crippen molar-refractivity contribution in [3.63, 3.8) is 0 Å². The Labute approximate surface area is 214 Å². The number of rotatable bonds is 9. The Morgan fingerprint density at radius 2 is 1.60 bits per heavy atom. The maximum atomic E-state index is 10.5. The number of halogens is 1. The highest BCUT2D eigenvalue weighted by atomic mass is 35.5. The molecule has 0 saturated carbocycles. The molecule has 3 aromatic rings. The van der Waals surface area contributed by atoms with Crippen LogP contribution in [0.4, 0.5) is 0 Å². The van der Waals surface area contributed by atoms with E-state index in [0.717, 1.165) is 49.2 Å². The SMILES string of the molecule is COc1ccc(O[C@@H]2CCN(C(C)(C)CCC(C#N)(c3ccccc3)c3ccccc3)C2)cc1Cl. The zero-order valence-corrected chi connectivity index (χ0v) is 21.5. The molecule has 1 atom stereocenters. The number of methoxy groups -OCH3 is 1. The fourth-order valence-electron chi connectivity index (χ4n) is 5.02. The predicted octanol–water partition coefficient (Wildman–Crippen LogP) is 6.87. The number of ether oxygens (including phenoxy) is 2. The normalized spacial score (nSPS) is 16.6. The van der Waals surface area contributed by atoms with Gasteiger partial charge in [0.05, 0.1) is 18.2 Å². The van der Waals surface area contributed by atoms with E-state index >= 15 is 0 Å². The van der Waals surface area contributed by atoms with E-state index in [1.165, 1.54) is 0 Å². The molecule has 35 heavy (non-hydrogen) atoms.